The number of hydrogen-bond donors (Lipinski definition) is 2. The summed E-state index contributed by atoms with van der Waals surface area (Å²) in [6.45, 7) is -0.847. The van der Waals surface area contributed by atoms with E-state index in [4.69, 9.17) is 14.8 Å². The summed E-state index contributed by atoms with van der Waals surface area (Å²) >= 11 is 0. The lowest BCUT2D eigenvalue weighted by Gasteiger charge is -2.13. The average Bonchev–Trinajstić information content (AvgIpc) is 2.26. The molecule has 0 fully saturated rings. The summed E-state index contributed by atoms with van der Waals surface area (Å²) in [4.78, 5) is 0. The molecule has 2 N–H and O–H groups in total. The third-order valence-electron chi connectivity index (χ3n) is 1.69. The van der Waals surface area contributed by atoms with Gasteiger partial charge in [0.1, 0.15) is 5.75 Å². The molecule has 0 aromatic heterocycles. The van der Waals surface area contributed by atoms with Crippen molar-refractivity contribution in [3.05, 3.63) is 42.4 Å². The molecular formula is C10H11BF2O3. The molecule has 0 saturated carbocycles. The van der Waals surface area contributed by atoms with E-state index in [0.29, 0.717) is 17.8 Å². The summed E-state index contributed by atoms with van der Waals surface area (Å²) in [6, 6.07) is 8.19. The van der Waals surface area contributed by atoms with Gasteiger partial charge in [0.2, 0.25) is 0 Å². The van der Waals surface area contributed by atoms with Crippen molar-refractivity contribution in [2.45, 2.75) is 5.92 Å². The largest absolute Gasteiger partial charge is 0.487 e. The van der Waals surface area contributed by atoms with Crippen molar-refractivity contribution < 1.29 is 23.6 Å². The molecule has 0 aliphatic heterocycles. The molecular weight excluding hydrogens is 217 g/mol. The van der Waals surface area contributed by atoms with Gasteiger partial charge in [-0.05, 0) is 18.2 Å². The summed E-state index contributed by atoms with van der Waals surface area (Å²) in [5, 5.41) is 16.8. The van der Waals surface area contributed by atoms with Crippen LogP contribution in [0.1, 0.15) is 0 Å². The molecule has 86 valence electrons. The van der Waals surface area contributed by atoms with Crippen LogP contribution in [-0.4, -0.2) is 29.7 Å². The second kappa shape index (κ2) is 5.62. The van der Waals surface area contributed by atoms with Gasteiger partial charge in [-0.25, -0.2) is 0 Å². The third kappa shape index (κ3) is 4.90. The van der Waals surface area contributed by atoms with Gasteiger partial charge in [0.05, 0.1) is 0 Å². The minimum atomic E-state index is -3.24. The van der Waals surface area contributed by atoms with E-state index in [1.54, 1.807) is 30.3 Å². The highest BCUT2D eigenvalue weighted by Gasteiger charge is 2.26. The maximum Gasteiger partial charge on any atom is 0.480 e. The molecule has 0 bridgehead atoms. The first-order valence-electron chi connectivity index (χ1n) is 4.61. The van der Waals surface area contributed by atoms with Crippen molar-refractivity contribution in [2.24, 2.45) is 0 Å². The Morgan fingerprint density at radius 2 is 1.88 bits per heavy atom. The Morgan fingerprint density at radius 3 is 2.44 bits per heavy atom. The maximum atomic E-state index is 13.0. The van der Waals surface area contributed by atoms with Crippen molar-refractivity contribution in [1.82, 2.24) is 0 Å². The smallest absolute Gasteiger partial charge is 0.480 e. The molecule has 0 radical (unpaired) electrons. The van der Waals surface area contributed by atoms with Gasteiger partial charge in [-0.1, -0.05) is 24.2 Å². The third-order valence-corrected chi connectivity index (χ3v) is 1.69. The summed E-state index contributed by atoms with van der Waals surface area (Å²) in [5.41, 5.74) is 0. The number of benzene rings is 1. The number of halogens is 2. The Hall–Kier alpha value is -1.40. The lowest BCUT2D eigenvalue weighted by atomic mass is 9.91. The number of hydrogen-bond acceptors (Lipinski definition) is 3. The van der Waals surface area contributed by atoms with Crippen LogP contribution in [0.5, 0.6) is 5.75 Å². The van der Waals surface area contributed by atoms with Crippen LogP contribution >= 0.6 is 0 Å². The van der Waals surface area contributed by atoms with Gasteiger partial charge >= 0.3 is 7.12 Å². The Bertz CT molecular complexity index is 341. The first kappa shape index (κ1) is 12.7. The highest BCUT2D eigenvalue weighted by molar-refractivity contribution is 6.47. The molecule has 0 atom stereocenters. The summed E-state index contributed by atoms with van der Waals surface area (Å²) < 4.78 is 30.9. The second-order valence-corrected chi connectivity index (χ2v) is 3.14. The molecule has 16 heavy (non-hydrogen) atoms. The second-order valence-electron chi connectivity index (χ2n) is 3.14. The fourth-order valence-corrected chi connectivity index (χ4v) is 0.971. The van der Waals surface area contributed by atoms with Crippen molar-refractivity contribution in [1.29, 1.82) is 0 Å². The summed E-state index contributed by atoms with van der Waals surface area (Å²) in [6.07, 6.45) is 0.403. The topological polar surface area (TPSA) is 49.7 Å². The Labute approximate surface area is 92.1 Å². The molecule has 0 unspecified atom stereocenters. The molecule has 0 amide bonds. The molecule has 0 spiro atoms. The molecule has 0 aliphatic rings. The van der Waals surface area contributed by atoms with Gasteiger partial charge in [0.15, 0.2) is 6.61 Å². The van der Waals surface area contributed by atoms with Gasteiger partial charge in [-0.2, -0.15) is 8.78 Å². The molecule has 0 heterocycles. The van der Waals surface area contributed by atoms with Gasteiger partial charge < -0.3 is 14.8 Å². The van der Waals surface area contributed by atoms with Crippen LogP contribution in [0.3, 0.4) is 0 Å². The highest BCUT2D eigenvalue weighted by atomic mass is 19.3. The highest BCUT2D eigenvalue weighted by Crippen LogP contribution is 2.18. The molecule has 6 heteroatoms. The number of rotatable bonds is 5. The van der Waals surface area contributed by atoms with Crippen molar-refractivity contribution in [2.75, 3.05) is 6.61 Å². The Morgan fingerprint density at radius 1 is 1.25 bits per heavy atom. The number of ether oxygens (including phenoxy) is 1. The van der Waals surface area contributed by atoms with Gasteiger partial charge in [-0.15, -0.1) is 0 Å². The average molecular weight is 228 g/mol. The van der Waals surface area contributed by atoms with Crippen LogP contribution < -0.4 is 4.74 Å². The van der Waals surface area contributed by atoms with Crippen LogP contribution in [0.2, 0.25) is 0 Å². The molecule has 1 aromatic rings. The SMILES string of the molecule is OB(O)/C=C/C(F)(F)COc1ccccc1. The van der Waals surface area contributed by atoms with Crippen LogP contribution in [0.25, 0.3) is 0 Å². The number of alkyl halides is 2. The fourth-order valence-electron chi connectivity index (χ4n) is 0.971. The van der Waals surface area contributed by atoms with E-state index in [-0.39, 0.29) is 0 Å². The quantitative estimate of drug-likeness (QED) is 0.746. The van der Waals surface area contributed by atoms with E-state index in [2.05, 4.69) is 0 Å². The first-order chi connectivity index (χ1) is 7.49. The van der Waals surface area contributed by atoms with Crippen LogP contribution in [0, 0.1) is 0 Å². The van der Waals surface area contributed by atoms with E-state index < -0.39 is 19.6 Å². The molecule has 0 saturated heterocycles. The van der Waals surface area contributed by atoms with E-state index in [1.165, 1.54) is 0 Å². The Balaban J connectivity index is 2.48. The normalized spacial score (nSPS) is 11.8. The zero-order valence-corrected chi connectivity index (χ0v) is 8.38. The predicted molar refractivity (Wildman–Crippen MR) is 56.2 cm³/mol. The van der Waals surface area contributed by atoms with Crippen LogP contribution in [-0.2, 0) is 0 Å². The lowest BCUT2D eigenvalue weighted by molar-refractivity contribution is 0.00511. The Kier molecular flexibility index (Phi) is 4.45. The zero-order valence-electron chi connectivity index (χ0n) is 8.38. The number of para-hydroxylation sites is 1. The lowest BCUT2D eigenvalue weighted by Crippen LogP contribution is -2.24. The van der Waals surface area contributed by atoms with E-state index >= 15 is 0 Å². The maximum absolute atomic E-state index is 13.0. The zero-order chi connectivity index (χ0) is 12.0. The first-order valence-corrected chi connectivity index (χ1v) is 4.61. The molecule has 1 rings (SSSR count). The van der Waals surface area contributed by atoms with Crippen molar-refractivity contribution in [3.63, 3.8) is 0 Å². The molecule has 3 nitrogen and oxygen atoms in total. The van der Waals surface area contributed by atoms with E-state index in [9.17, 15) is 8.78 Å². The minimum Gasteiger partial charge on any atom is -0.487 e. The van der Waals surface area contributed by atoms with Gasteiger partial charge in [0.25, 0.3) is 5.92 Å². The van der Waals surface area contributed by atoms with Crippen LogP contribution in [0.4, 0.5) is 8.78 Å². The standard InChI is InChI=1S/C10H11BF2O3/c12-10(13,6-7-11(14)15)8-16-9-4-2-1-3-5-9/h1-7,14-15H,8H2/b7-6+. The van der Waals surface area contributed by atoms with E-state index in [1.807, 2.05) is 0 Å². The summed E-state index contributed by atoms with van der Waals surface area (Å²) in [5.74, 6) is -2.31. The predicted octanol–water partition coefficient (Wildman–Crippen LogP) is 1.27. The monoisotopic (exact) mass is 228 g/mol. The van der Waals surface area contributed by atoms with Gasteiger partial charge in [-0.3, -0.25) is 0 Å². The van der Waals surface area contributed by atoms with E-state index in [0.717, 1.165) is 0 Å². The molecule has 0 aliphatic carbocycles. The minimum absolute atomic E-state index is 0.333. The van der Waals surface area contributed by atoms with Crippen molar-refractivity contribution in [3.8, 4) is 5.75 Å². The van der Waals surface area contributed by atoms with Gasteiger partial charge in [0, 0.05) is 0 Å². The van der Waals surface area contributed by atoms with Crippen LogP contribution in [0.15, 0.2) is 42.4 Å². The van der Waals surface area contributed by atoms with Crippen molar-refractivity contribution >= 4 is 7.12 Å². The fraction of sp³-hybridized carbons (Fsp3) is 0.200. The molecule has 1 aromatic carbocycles. The summed E-state index contributed by atoms with van der Waals surface area (Å²) in [7, 11) is -1.89.